The molecule has 0 saturated carbocycles. The Morgan fingerprint density at radius 2 is 2.16 bits per heavy atom. The Bertz CT molecular complexity index is 823. The molecule has 0 aliphatic carbocycles. The van der Waals surface area contributed by atoms with Crippen molar-refractivity contribution in [3.8, 4) is 5.75 Å². The number of carbonyl (C=O) groups is 2. The molecule has 1 fully saturated rings. The minimum absolute atomic E-state index is 0.0896. The van der Waals surface area contributed by atoms with E-state index in [4.69, 9.17) is 9.15 Å². The van der Waals surface area contributed by atoms with E-state index in [1.807, 2.05) is 13.0 Å². The Morgan fingerprint density at radius 1 is 1.32 bits per heavy atom. The van der Waals surface area contributed by atoms with Gasteiger partial charge in [-0.3, -0.25) is 9.59 Å². The van der Waals surface area contributed by atoms with E-state index in [0.717, 1.165) is 17.9 Å². The molecule has 0 unspecified atom stereocenters. The third kappa shape index (κ3) is 3.91. The van der Waals surface area contributed by atoms with Gasteiger partial charge in [0.25, 0.3) is 0 Å². The Balaban J connectivity index is 1.71. The number of hydrogen-bond donors (Lipinski definition) is 1. The van der Waals surface area contributed by atoms with Crippen molar-refractivity contribution < 1.29 is 18.7 Å². The molecular weight excluding hydrogens is 320 g/mol. The van der Waals surface area contributed by atoms with Crippen LogP contribution in [0.15, 0.2) is 40.8 Å². The van der Waals surface area contributed by atoms with Crippen molar-refractivity contribution in [2.24, 2.45) is 0 Å². The molecule has 3 rings (SSSR count). The summed E-state index contributed by atoms with van der Waals surface area (Å²) in [4.78, 5) is 25.7. The molecule has 2 heterocycles. The fraction of sp³-hybridized carbons (Fsp3) is 0.263. The number of furan rings is 1. The van der Waals surface area contributed by atoms with E-state index in [-0.39, 0.29) is 11.8 Å². The summed E-state index contributed by atoms with van der Waals surface area (Å²) in [6.45, 7) is 2.53. The van der Waals surface area contributed by atoms with Crippen LogP contribution in [-0.4, -0.2) is 25.5 Å². The zero-order valence-corrected chi connectivity index (χ0v) is 14.2. The molecule has 1 aromatic heterocycles. The van der Waals surface area contributed by atoms with Gasteiger partial charge in [0.05, 0.1) is 12.8 Å². The van der Waals surface area contributed by atoms with Crippen LogP contribution in [0.5, 0.6) is 5.75 Å². The largest absolute Gasteiger partial charge is 0.494 e. The number of nitrogens with zero attached hydrogens (tertiary/aromatic N) is 1. The summed E-state index contributed by atoms with van der Waals surface area (Å²) in [6, 6.07) is 8.89. The number of nitrogens with one attached hydrogen (secondary N) is 1. The van der Waals surface area contributed by atoms with E-state index in [1.165, 1.54) is 6.08 Å². The van der Waals surface area contributed by atoms with Crippen LogP contribution in [0.4, 0.5) is 11.4 Å². The first-order valence-corrected chi connectivity index (χ1v) is 8.11. The van der Waals surface area contributed by atoms with Crippen molar-refractivity contribution >= 4 is 29.3 Å². The van der Waals surface area contributed by atoms with Crippen LogP contribution in [-0.2, 0) is 9.59 Å². The highest BCUT2D eigenvalue weighted by Gasteiger charge is 2.24. The molecule has 6 heteroatoms. The number of methoxy groups -OCH3 is 1. The molecule has 1 N–H and O–H groups in total. The van der Waals surface area contributed by atoms with Gasteiger partial charge >= 0.3 is 0 Å². The lowest BCUT2D eigenvalue weighted by molar-refractivity contribution is -0.117. The van der Waals surface area contributed by atoms with Crippen molar-refractivity contribution in [3.63, 3.8) is 0 Å². The normalized spacial score (nSPS) is 14.3. The highest BCUT2D eigenvalue weighted by molar-refractivity contribution is 6.02. The number of hydrogen-bond acceptors (Lipinski definition) is 4. The number of carbonyl (C=O) groups excluding carboxylic acids is 2. The van der Waals surface area contributed by atoms with E-state index in [0.29, 0.717) is 30.2 Å². The summed E-state index contributed by atoms with van der Waals surface area (Å²) in [5.74, 6) is 1.77. The molecule has 2 aromatic rings. The molecule has 1 saturated heterocycles. The Kier molecular flexibility index (Phi) is 4.88. The number of ether oxygens (including phenoxy) is 1. The number of rotatable bonds is 5. The topological polar surface area (TPSA) is 71.8 Å². The van der Waals surface area contributed by atoms with Crippen LogP contribution >= 0.6 is 0 Å². The molecule has 2 amide bonds. The summed E-state index contributed by atoms with van der Waals surface area (Å²) in [5, 5.41) is 2.77. The standard InChI is InChI=1S/C19H20N2O4/c1-13-5-7-15(25-13)8-10-18(22)20-14-6-9-16(17(12-14)24-2)21-11-3-4-19(21)23/h5-10,12H,3-4,11H2,1-2H3,(H,20,22)/b10-8+. The molecule has 1 aromatic carbocycles. The SMILES string of the molecule is COc1cc(NC(=O)/C=C/c2ccc(C)o2)ccc1N1CCCC1=O. The third-order valence-corrected chi connectivity index (χ3v) is 3.97. The summed E-state index contributed by atoms with van der Waals surface area (Å²) in [5.41, 5.74) is 1.32. The van der Waals surface area contributed by atoms with Crippen LogP contribution in [0.3, 0.4) is 0 Å². The fourth-order valence-corrected chi connectivity index (χ4v) is 2.77. The lowest BCUT2D eigenvalue weighted by atomic mass is 10.2. The predicted octanol–water partition coefficient (Wildman–Crippen LogP) is 3.38. The van der Waals surface area contributed by atoms with Crippen molar-refractivity contribution in [1.29, 1.82) is 0 Å². The Hall–Kier alpha value is -3.02. The van der Waals surface area contributed by atoms with Gasteiger partial charge in [0, 0.05) is 30.8 Å². The second-order valence-electron chi connectivity index (χ2n) is 5.81. The first kappa shape index (κ1) is 16.8. The monoisotopic (exact) mass is 340 g/mol. The van der Waals surface area contributed by atoms with Gasteiger partial charge in [-0.1, -0.05) is 0 Å². The fourth-order valence-electron chi connectivity index (χ4n) is 2.77. The molecule has 130 valence electrons. The zero-order chi connectivity index (χ0) is 17.8. The van der Waals surface area contributed by atoms with Crippen LogP contribution in [0, 0.1) is 6.92 Å². The van der Waals surface area contributed by atoms with Crippen LogP contribution in [0.25, 0.3) is 6.08 Å². The van der Waals surface area contributed by atoms with Gasteiger partial charge in [-0.25, -0.2) is 0 Å². The molecule has 25 heavy (non-hydrogen) atoms. The predicted molar refractivity (Wildman–Crippen MR) is 95.7 cm³/mol. The first-order chi connectivity index (χ1) is 12.1. The van der Waals surface area contributed by atoms with E-state index >= 15 is 0 Å². The summed E-state index contributed by atoms with van der Waals surface area (Å²) in [6.07, 6.45) is 4.41. The van der Waals surface area contributed by atoms with Gasteiger partial charge in [0.15, 0.2) is 0 Å². The average Bonchev–Trinajstić information content (AvgIpc) is 3.21. The van der Waals surface area contributed by atoms with Gasteiger partial charge in [0.1, 0.15) is 17.3 Å². The summed E-state index contributed by atoms with van der Waals surface area (Å²) < 4.78 is 10.8. The molecule has 0 spiro atoms. The van der Waals surface area contributed by atoms with Crippen LogP contribution in [0.1, 0.15) is 24.4 Å². The molecule has 0 bridgehead atoms. The number of anilines is 2. The Labute approximate surface area is 146 Å². The molecule has 1 aliphatic rings. The lowest BCUT2D eigenvalue weighted by Gasteiger charge is -2.19. The number of amides is 2. The molecule has 0 radical (unpaired) electrons. The second kappa shape index (κ2) is 7.25. The number of aryl methyl sites for hydroxylation is 1. The maximum atomic E-state index is 12.0. The summed E-state index contributed by atoms with van der Waals surface area (Å²) in [7, 11) is 1.55. The molecule has 0 atom stereocenters. The third-order valence-electron chi connectivity index (χ3n) is 3.97. The summed E-state index contributed by atoms with van der Waals surface area (Å²) >= 11 is 0. The van der Waals surface area contributed by atoms with Crippen molar-refractivity contribution in [2.45, 2.75) is 19.8 Å². The highest BCUT2D eigenvalue weighted by atomic mass is 16.5. The minimum atomic E-state index is -0.277. The Morgan fingerprint density at radius 3 is 2.80 bits per heavy atom. The van der Waals surface area contributed by atoms with E-state index in [9.17, 15) is 9.59 Å². The van der Waals surface area contributed by atoms with E-state index < -0.39 is 0 Å². The minimum Gasteiger partial charge on any atom is -0.494 e. The van der Waals surface area contributed by atoms with Crippen LogP contribution < -0.4 is 15.0 Å². The number of benzene rings is 1. The smallest absolute Gasteiger partial charge is 0.248 e. The van der Waals surface area contributed by atoms with E-state index in [1.54, 1.807) is 42.4 Å². The van der Waals surface area contributed by atoms with Crippen molar-refractivity contribution in [2.75, 3.05) is 23.9 Å². The van der Waals surface area contributed by atoms with Gasteiger partial charge in [-0.2, -0.15) is 0 Å². The van der Waals surface area contributed by atoms with Gasteiger partial charge in [-0.15, -0.1) is 0 Å². The van der Waals surface area contributed by atoms with Gasteiger partial charge in [0.2, 0.25) is 11.8 Å². The zero-order valence-electron chi connectivity index (χ0n) is 14.2. The quantitative estimate of drug-likeness (QED) is 0.847. The molecule has 1 aliphatic heterocycles. The van der Waals surface area contributed by atoms with Gasteiger partial charge < -0.3 is 19.4 Å². The van der Waals surface area contributed by atoms with Crippen LogP contribution in [0.2, 0.25) is 0 Å². The van der Waals surface area contributed by atoms with Crippen molar-refractivity contribution in [1.82, 2.24) is 0 Å². The highest BCUT2D eigenvalue weighted by Crippen LogP contribution is 2.33. The maximum absolute atomic E-state index is 12.0. The van der Waals surface area contributed by atoms with Gasteiger partial charge in [-0.05, 0) is 43.7 Å². The maximum Gasteiger partial charge on any atom is 0.248 e. The van der Waals surface area contributed by atoms with E-state index in [2.05, 4.69) is 5.32 Å². The van der Waals surface area contributed by atoms with Crippen molar-refractivity contribution in [3.05, 3.63) is 47.9 Å². The first-order valence-electron chi connectivity index (χ1n) is 8.11. The average molecular weight is 340 g/mol. The second-order valence-corrected chi connectivity index (χ2v) is 5.81. The lowest BCUT2D eigenvalue weighted by Crippen LogP contribution is -2.24. The molecular formula is C19H20N2O4. The molecule has 6 nitrogen and oxygen atoms in total.